The lowest BCUT2D eigenvalue weighted by molar-refractivity contribution is -0.118. The number of nitrogens with one attached hydrogen (secondary N) is 1. The van der Waals surface area contributed by atoms with Crippen LogP contribution in [-0.4, -0.2) is 5.78 Å². The molecule has 2 heterocycles. The molecule has 1 aliphatic heterocycles. The smallest absolute Gasteiger partial charge is 0.162 e. The highest BCUT2D eigenvalue weighted by atomic mass is 19.1. The van der Waals surface area contributed by atoms with E-state index in [4.69, 9.17) is 4.42 Å². The molecule has 0 amide bonds. The number of carbonyl (C=O) groups excluding carboxylic acids is 1. The number of Topliss-reactive ketones (excluding diaryl/α,β-unsaturated/α-hetero) is 1. The monoisotopic (exact) mass is 437 g/mol. The Bertz CT molecular complexity index is 1460. The highest BCUT2D eigenvalue weighted by Gasteiger charge is 2.41. The molecule has 1 N–H and O–H groups in total. The van der Waals surface area contributed by atoms with Gasteiger partial charge in [-0.2, -0.15) is 0 Å². The molecular weight excluding hydrogens is 413 g/mol. The molecule has 3 aromatic carbocycles. The zero-order valence-corrected chi connectivity index (χ0v) is 18.6. The maximum Gasteiger partial charge on any atom is 0.162 e. The van der Waals surface area contributed by atoms with E-state index < -0.39 is 6.04 Å². The molecule has 33 heavy (non-hydrogen) atoms. The number of ketones is 1. The van der Waals surface area contributed by atoms with Gasteiger partial charge < -0.3 is 9.73 Å². The van der Waals surface area contributed by atoms with Gasteiger partial charge in [0.1, 0.15) is 23.4 Å². The van der Waals surface area contributed by atoms with Gasteiger partial charge in [0, 0.05) is 23.2 Å². The van der Waals surface area contributed by atoms with Gasteiger partial charge in [0.25, 0.3) is 0 Å². The van der Waals surface area contributed by atoms with Crippen LogP contribution in [-0.2, 0) is 4.79 Å². The van der Waals surface area contributed by atoms with Crippen LogP contribution in [0.3, 0.4) is 0 Å². The Hall–Kier alpha value is -3.66. The molecule has 1 aliphatic carbocycles. The van der Waals surface area contributed by atoms with E-state index in [2.05, 4.69) is 43.4 Å². The summed E-state index contributed by atoms with van der Waals surface area (Å²) in [5, 5.41) is 5.87. The zero-order valence-electron chi connectivity index (χ0n) is 18.6. The molecule has 2 aliphatic rings. The first-order valence-corrected chi connectivity index (χ1v) is 11.3. The molecule has 0 unspecified atom stereocenters. The molecule has 4 aromatic rings. The van der Waals surface area contributed by atoms with E-state index in [9.17, 15) is 9.18 Å². The van der Waals surface area contributed by atoms with Gasteiger partial charge in [0.2, 0.25) is 0 Å². The molecule has 164 valence electrons. The van der Waals surface area contributed by atoms with Crippen molar-refractivity contribution in [3.8, 4) is 11.3 Å². The number of rotatable bonds is 2. The Kier molecular flexibility index (Phi) is 4.34. The summed E-state index contributed by atoms with van der Waals surface area (Å²) in [6, 6.07) is 22.3. The lowest BCUT2D eigenvalue weighted by atomic mass is 9.68. The maximum atomic E-state index is 14.3. The fourth-order valence-corrected chi connectivity index (χ4v) is 5.36. The molecule has 0 saturated carbocycles. The van der Waals surface area contributed by atoms with Crippen LogP contribution in [0, 0.1) is 11.2 Å². The van der Waals surface area contributed by atoms with E-state index in [1.54, 1.807) is 24.3 Å². The molecule has 0 radical (unpaired) electrons. The lowest BCUT2D eigenvalue weighted by Crippen LogP contribution is -2.33. The highest BCUT2D eigenvalue weighted by molar-refractivity contribution is 6.12. The van der Waals surface area contributed by atoms with Crippen LogP contribution in [0.25, 0.3) is 27.7 Å². The summed E-state index contributed by atoms with van der Waals surface area (Å²) in [5.74, 6) is 0.885. The summed E-state index contributed by atoms with van der Waals surface area (Å²) < 4.78 is 20.5. The van der Waals surface area contributed by atoms with E-state index in [0.29, 0.717) is 23.5 Å². The normalized spacial score (nSPS) is 19.2. The van der Waals surface area contributed by atoms with Crippen molar-refractivity contribution in [2.45, 2.75) is 32.7 Å². The van der Waals surface area contributed by atoms with E-state index >= 15 is 0 Å². The van der Waals surface area contributed by atoms with Crippen LogP contribution in [0.1, 0.15) is 44.1 Å². The third kappa shape index (κ3) is 3.20. The Morgan fingerprint density at radius 3 is 2.58 bits per heavy atom. The lowest BCUT2D eigenvalue weighted by Gasteiger charge is -2.39. The zero-order chi connectivity index (χ0) is 22.7. The summed E-state index contributed by atoms with van der Waals surface area (Å²) in [7, 11) is 0. The minimum atomic E-state index is -0.405. The first kappa shape index (κ1) is 20.0. The summed E-state index contributed by atoms with van der Waals surface area (Å²) >= 11 is 0. The van der Waals surface area contributed by atoms with Crippen LogP contribution < -0.4 is 5.32 Å². The van der Waals surface area contributed by atoms with Crippen LogP contribution in [0.15, 0.2) is 82.8 Å². The SMILES string of the molecule is CC1(C)CC(=O)C2=C(C1)c1c(ccc3ccccc13)N[C@H]2c1ccc(-c2ccccc2F)o1. The third-order valence-electron chi connectivity index (χ3n) is 6.79. The van der Waals surface area contributed by atoms with Gasteiger partial charge in [-0.15, -0.1) is 0 Å². The third-order valence-corrected chi connectivity index (χ3v) is 6.79. The molecule has 1 aromatic heterocycles. The standard InChI is InChI=1S/C29H24FNO2/c1-29(2)15-20-26-18-8-4-3-7-17(18)11-12-22(26)31-28(27(20)23(32)16-29)25-14-13-24(33-25)19-9-5-6-10-21(19)30/h3-14,28,31H,15-16H2,1-2H3/t28-/m0/s1. The van der Waals surface area contributed by atoms with Crippen LogP contribution in [0.2, 0.25) is 0 Å². The predicted molar refractivity (Wildman–Crippen MR) is 129 cm³/mol. The number of anilines is 1. The molecule has 6 rings (SSSR count). The van der Waals surface area contributed by atoms with Crippen LogP contribution in [0.5, 0.6) is 0 Å². The summed E-state index contributed by atoms with van der Waals surface area (Å²) in [4.78, 5) is 13.5. The van der Waals surface area contributed by atoms with Gasteiger partial charge >= 0.3 is 0 Å². The summed E-state index contributed by atoms with van der Waals surface area (Å²) in [6.45, 7) is 4.30. The van der Waals surface area contributed by atoms with Crippen molar-refractivity contribution in [1.29, 1.82) is 0 Å². The number of hydrogen-bond acceptors (Lipinski definition) is 3. The second kappa shape index (κ2) is 7.17. The average molecular weight is 438 g/mol. The van der Waals surface area contributed by atoms with Crippen molar-refractivity contribution < 1.29 is 13.6 Å². The molecule has 0 bridgehead atoms. The Labute approximate surface area is 191 Å². The second-order valence-corrected chi connectivity index (χ2v) is 9.80. The van der Waals surface area contributed by atoms with E-state index in [-0.39, 0.29) is 17.0 Å². The van der Waals surface area contributed by atoms with Gasteiger partial charge in [-0.3, -0.25) is 4.79 Å². The number of benzene rings is 3. The summed E-state index contributed by atoms with van der Waals surface area (Å²) in [6.07, 6.45) is 1.30. The number of hydrogen-bond donors (Lipinski definition) is 1. The number of carbonyl (C=O) groups is 1. The Morgan fingerprint density at radius 1 is 0.939 bits per heavy atom. The van der Waals surface area contributed by atoms with E-state index in [0.717, 1.165) is 39.6 Å². The molecule has 4 heteroatoms. The Morgan fingerprint density at radius 2 is 1.73 bits per heavy atom. The first-order chi connectivity index (χ1) is 15.9. The highest BCUT2D eigenvalue weighted by Crippen LogP contribution is 2.52. The Balaban J connectivity index is 1.54. The fraction of sp³-hybridized carbons (Fsp3) is 0.207. The van der Waals surface area contributed by atoms with Crippen molar-refractivity contribution in [1.82, 2.24) is 0 Å². The molecule has 0 spiro atoms. The minimum absolute atomic E-state index is 0.118. The summed E-state index contributed by atoms with van der Waals surface area (Å²) in [5.41, 5.74) is 4.26. The van der Waals surface area contributed by atoms with Crippen molar-refractivity contribution in [2.75, 3.05) is 5.32 Å². The van der Waals surface area contributed by atoms with Crippen molar-refractivity contribution >= 4 is 27.8 Å². The van der Waals surface area contributed by atoms with E-state index in [1.807, 2.05) is 18.2 Å². The van der Waals surface area contributed by atoms with Gasteiger partial charge in [0.15, 0.2) is 5.78 Å². The fourth-order valence-electron chi connectivity index (χ4n) is 5.36. The van der Waals surface area contributed by atoms with Gasteiger partial charge in [0.05, 0.1) is 5.56 Å². The predicted octanol–water partition coefficient (Wildman–Crippen LogP) is 7.55. The molecule has 0 fully saturated rings. The largest absolute Gasteiger partial charge is 0.458 e. The van der Waals surface area contributed by atoms with Gasteiger partial charge in [-0.25, -0.2) is 4.39 Å². The number of fused-ring (bicyclic) bond motifs is 4. The van der Waals surface area contributed by atoms with Crippen LogP contribution in [0.4, 0.5) is 10.1 Å². The number of halogens is 1. The topological polar surface area (TPSA) is 42.2 Å². The quantitative estimate of drug-likeness (QED) is 0.352. The van der Waals surface area contributed by atoms with Crippen molar-refractivity contribution in [2.24, 2.45) is 5.41 Å². The minimum Gasteiger partial charge on any atom is -0.458 e. The molecule has 0 saturated heterocycles. The van der Waals surface area contributed by atoms with Gasteiger partial charge in [-0.1, -0.05) is 56.3 Å². The number of allylic oxidation sites excluding steroid dienone is 1. The van der Waals surface area contributed by atoms with Crippen LogP contribution >= 0.6 is 0 Å². The average Bonchev–Trinajstić information content (AvgIpc) is 3.27. The van der Waals surface area contributed by atoms with Gasteiger partial charge in [-0.05, 0) is 58.5 Å². The van der Waals surface area contributed by atoms with E-state index in [1.165, 1.54) is 6.07 Å². The maximum absolute atomic E-state index is 14.3. The van der Waals surface area contributed by atoms with Crippen molar-refractivity contribution in [3.63, 3.8) is 0 Å². The number of furan rings is 1. The second-order valence-electron chi connectivity index (χ2n) is 9.80. The molecule has 3 nitrogen and oxygen atoms in total. The molecule has 1 atom stereocenters. The first-order valence-electron chi connectivity index (χ1n) is 11.3. The van der Waals surface area contributed by atoms with Crippen molar-refractivity contribution in [3.05, 3.63) is 95.5 Å². The molecular formula is C29H24FNO2.